The maximum absolute atomic E-state index is 11.6. The second-order valence-electron chi connectivity index (χ2n) is 3.04. The van der Waals surface area contributed by atoms with E-state index < -0.39 is 17.9 Å². The van der Waals surface area contributed by atoms with Gasteiger partial charge in [0.1, 0.15) is 0 Å². The van der Waals surface area contributed by atoms with Gasteiger partial charge in [0, 0.05) is 18.0 Å². The van der Waals surface area contributed by atoms with Gasteiger partial charge in [-0.1, -0.05) is 0 Å². The van der Waals surface area contributed by atoms with E-state index in [0.717, 1.165) is 0 Å². The maximum Gasteiger partial charge on any atom is 0.275 e. The predicted octanol–water partition coefficient (Wildman–Crippen LogP) is -0.729. The Kier molecular flexibility index (Phi) is 3.48. The van der Waals surface area contributed by atoms with Gasteiger partial charge in [0.2, 0.25) is 0 Å². The minimum absolute atomic E-state index is 0.293. The van der Waals surface area contributed by atoms with E-state index in [1.807, 2.05) is 0 Å². The van der Waals surface area contributed by atoms with E-state index in [1.54, 1.807) is 0 Å². The zero-order valence-corrected chi connectivity index (χ0v) is 8.25. The highest BCUT2D eigenvalue weighted by Gasteiger charge is 2.21. The van der Waals surface area contributed by atoms with Crippen LogP contribution in [0.1, 0.15) is 17.3 Å². The van der Waals surface area contributed by atoms with Crippen LogP contribution < -0.4 is 11.6 Å². The van der Waals surface area contributed by atoms with E-state index in [4.69, 9.17) is 11.6 Å². The van der Waals surface area contributed by atoms with Gasteiger partial charge in [-0.05, 0) is 19.1 Å². The average Bonchev–Trinajstić information content (AvgIpc) is 2.27. The Bertz CT molecular complexity index is 364. The van der Waals surface area contributed by atoms with E-state index in [9.17, 15) is 9.59 Å². The lowest BCUT2D eigenvalue weighted by Gasteiger charge is -2.16. The molecular weight excluding hydrogens is 196 g/mol. The molecule has 0 fully saturated rings. The number of aromatic nitrogens is 1. The monoisotopic (exact) mass is 208 g/mol. The largest absolute Gasteiger partial charge is 0.320 e. The average molecular weight is 208 g/mol. The lowest BCUT2D eigenvalue weighted by Crippen LogP contribution is -2.49. The van der Waals surface area contributed by atoms with Gasteiger partial charge in [0.15, 0.2) is 0 Å². The first-order valence-electron chi connectivity index (χ1n) is 4.32. The van der Waals surface area contributed by atoms with Crippen molar-refractivity contribution in [2.45, 2.75) is 13.0 Å². The Hall–Kier alpha value is -1.79. The van der Waals surface area contributed by atoms with E-state index in [0.29, 0.717) is 10.6 Å². The summed E-state index contributed by atoms with van der Waals surface area (Å²) in [5.74, 6) is 4.10. The van der Waals surface area contributed by atoms with Crippen LogP contribution >= 0.6 is 0 Å². The van der Waals surface area contributed by atoms with Gasteiger partial charge in [0.25, 0.3) is 11.8 Å². The number of hydrazine groups is 1. The normalized spacial score (nSPS) is 11.9. The topological polar surface area (TPSA) is 102 Å². The zero-order valence-electron chi connectivity index (χ0n) is 8.25. The molecule has 0 saturated heterocycles. The van der Waals surface area contributed by atoms with Crippen LogP contribution in [0.15, 0.2) is 24.5 Å². The van der Waals surface area contributed by atoms with Gasteiger partial charge >= 0.3 is 0 Å². The van der Waals surface area contributed by atoms with Crippen molar-refractivity contribution < 1.29 is 9.59 Å². The summed E-state index contributed by atoms with van der Waals surface area (Å²) in [4.78, 5) is 26.6. The van der Waals surface area contributed by atoms with Crippen LogP contribution in [-0.2, 0) is 4.79 Å². The molecule has 0 saturated carbocycles. The van der Waals surface area contributed by atoms with Gasteiger partial charge < -0.3 is 5.73 Å². The SMILES string of the molecule is CC(N)C(=O)N(N)C(=O)c1ccncc1. The highest BCUT2D eigenvalue weighted by molar-refractivity contribution is 6.05. The van der Waals surface area contributed by atoms with Crippen molar-refractivity contribution in [3.63, 3.8) is 0 Å². The number of carbonyl (C=O) groups is 2. The van der Waals surface area contributed by atoms with Crippen molar-refractivity contribution in [3.05, 3.63) is 30.1 Å². The Morgan fingerprint density at radius 1 is 1.40 bits per heavy atom. The van der Waals surface area contributed by atoms with E-state index in [-0.39, 0.29) is 0 Å². The van der Waals surface area contributed by atoms with Gasteiger partial charge in [0.05, 0.1) is 6.04 Å². The molecule has 1 aromatic rings. The zero-order chi connectivity index (χ0) is 11.4. The molecule has 6 nitrogen and oxygen atoms in total. The fourth-order valence-corrected chi connectivity index (χ4v) is 0.953. The third-order valence-electron chi connectivity index (χ3n) is 1.77. The molecule has 6 heteroatoms. The third kappa shape index (κ3) is 2.58. The Balaban J connectivity index is 2.82. The molecule has 1 atom stereocenters. The summed E-state index contributed by atoms with van der Waals surface area (Å²) in [5, 5.41) is 0.514. The second kappa shape index (κ2) is 4.63. The maximum atomic E-state index is 11.6. The molecule has 1 rings (SSSR count). The first kappa shape index (κ1) is 11.3. The molecule has 2 amide bonds. The molecule has 0 aliphatic carbocycles. The summed E-state index contributed by atoms with van der Waals surface area (Å²) in [6.07, 6.45) is 2.88. The van der Waals surface area contributed by atoms with Crippen LogP contribution in [0.5, 0.6) is 0 Å². The van der Waals surface area contributed by atoms with E-state index >= 15 is 0 Å². The van der Waals surface area contributed by atoms with Gasteiger partial charge in [-0.25, -0.2) is 10.9 Å². The second-order valence-corrected chi connectivity index (χ2v) is 3.04. The molecule has 0 aliphatic rings. The Morgan fingerprint density at radius 3 is 2.40 bits per heavy atom. The highest BCUT2D eigenvalue weighted by Crippen LogP contribution is 2.01. The van der Waals surface area contributed by atoms with E-state index in [2.05, 4.69) is 4.98 Å². The molecule has 1 unspecified atom stereocenters. The molecule has 80 valence electrons. The number of hydrogen-bond donors (Lipinski definition) is 2. The van der Waals surface area contributed by atoms with Crippen LogP contribution in [0, 0.1) is 0 Å². The molecule has 0 bridgehead atoms. The van der Waals surface area contributed by atoms with Crippen molar-refractivity contribution in [2.24, 2.45) is 11.6 Å². The van der Waals surface area contributed by atoms with Crippen LogP contribution in [0.3, 0.4) is 0 Å². The Labute approximate surface area is 86.8 Å². The first-order valence-corrected chi connectivity index (χ1v) is 4.32. The lowest BCUT2D eigenvalue weighted by molar-refractivity contribution is -0.129. The number of amides is 2. The molecular formula is C9H12N4O2. The number of rotatable bonds is 2. The lowest BCUT2D eigenvalue weighted by atomic mass is 10.2. The number of carbonyl (C=O) groups excluding carboxylic acids is 2. The van der Waals surface area contributed by atoms with Crippen molar-refractivity contribution in [1.82, 2.24) is 9.99 Å². The van der Waals surface area contributed by atoms with Crippen LogP contribution in [-0.4, -0.2) is 27.8 Å². The number of nitrogens with zero attached hydrogens (tertiary/aromatic N) is 2. The molecule has 15 heavy (non-hydrogen) atoms. The van der Waals surface area contributed by atoms with Crippen molar-refractivity contribution in [2.75, 3.05) is 0 Å². The fourth-order valence-electron chi connectivity index (χ4n) is 0.953. The van der Waals surface area contributed by atoms with Crippen molar-refractivity contribution >= 4 is 11.8 Å². The summed E-state index contributed by atoms with van der Waals surface area (Å²) < 4.78 is 0. The van der Waals surface area contributed by atoms with Crippen LogP contribution in [0.4, 0.5) is 0 Å². The Morgan fingerprint density at radius 2 is 1.93 bits per heavy atom. The van der Waals surface area contributed by atoms with Gasteiger partial charge in [-0.2, -0.15) is 0 Å². The van der Waals surface area contributed by atoms with Gasteiger partial charge in [-0.3, -0.25) is 14.6 Å². The van der Waals surface area contributed by atoms with Gasteiger partial charge in [-0.15, -0.1) is 0 Å². The molecule has 4 N–H and O–H groups in total. The third-order valence-corrected chi connectivity index (χ3v) is 1.77. The fraction of sp³-hybridized carbons (Fsp3) is 0.222. The summed E-state index contributed by atoms with van der Waals surface area (Å²) in [6, 6.07) is 2.13. The highest BCUT2D eigenvalue weighted by atomic mass is 16.2. The molecule has 0 aliphatic heterocycles. The summed E-state index contributed by atoms with van der Waals surface area (Å²) in [7, 11) is 0. The quantitative estimate of drug-likeness (QED) is 0.379. The summed E-state index contributed by atoms with van der Waals surface area (Å²) >= 11 is 0. The predicted molar refractivity (Wildman–Crippen MR) is 53.3 cm³/mol. The molecule has 0 spiro atoms. The van der Waals surface area contributed by atoms with E-state index in [1.165, 1.54) is 31.5 Å². The summed E-state index contributed by atoms with van der Waals surface area (Å²) in [5.41, 5.74) is 5.61. The van der Waals surface area contributed by atoms with Crippen molar-refractivity contribution in [1.29, 1.82) is 0 Å². The minimum Gasteiger partial charge on any atom is -0.320 e. The molecule has 0 radical (unpaired) electrons. The first-order chi connectivity index (χ1) is 7.04. The molecule has 1 aromatic heterocycles. The van der Waals surface area contributed by atoms with Crippen LogP contribution in [0.2, 0.25) is 0 Å². The summed E-state index contributed by atoms with van der Waals surface area (Å²) in [6.45, 7) is 1.46. The molecule has 1 heterocycles. The molecule has 0 aromatic carbocycles. The number of imide groups is 1. The minimum atomic E-state index is -0.805. The van der Waals surface area contributed by atoms with Crippen LogP contribution in [0.25, 0.3) is 0 Å². The van der Waals surface area contributed by atoms with Crippen molar-refractivity contribution in [3.8, 4) is 0 Å². The standard InChI is InChI=1S/C9H12N4O2/c1-6(10)8(14)13(11)9(15)7-2-4-12-5-3-7/h2-6H,10-11H2,1H3. The smallest absolute Gasteiger partial charge is 0.275 e. The number of nitrogens with two attached hydrogens (primary N) is 2. The number of hydrogen-bond acceptors (Lipinski definition) is 5. The number of pyridine rings is 1.